The van der Waals surface area contributed by atoms with Gasteiger partial charge in [0.15, 0.2) is 11.5 Å². The number of nitro groups is 1. The zero-order valence-electron chi connectivity index (χ0n) is 17.0. The molecule has 0 fully saturated rings. The van der Waals surface area contributed by atoms with Gasteiger partial charge in [0.2, 0.25) is 14.0 Å². The molecule has 2 aromatic carbocycles. The third-order valence-corrected chi connectivity index (χ3v) is 5.74. The summed E-state index contributed by atoms with van der Waals surface area (Å²) in [5, 5.41) is 20.7. The van der Waals surface area contributed by atoms with Gasteiger partial charge >= 0.3 is 5.69 Å². The first kappa shape index (κ1) is 21.8. The van der Waals surface area contributed by atoms with Crippen molar-refractivity contribution in [2.24, 2.45) is 5.50 Å². The molecule has 0 radical (unpaired) electrons. The van der Waals surface area contributed by atoms with E-state index in [1.165, 1.54) is 17.0 Å². The van der Waals surface area contributed by atoms with Gasteiger partial charge in [-0.05, 0) is 18.2 Å². The van der Waals surface area contributed by atoms with Crippen LogP contribution in [0.25, 0.3) is 0 Å². The fourth-order valence-corrected chi connectivity index (χ4v) is 4.03. The van der Waals surface area contributed by atoms with Gasteiger partial charge in [0, 0.05) is 19.0 Å². The first-order valence-electron chi connectivity index (χ1n) is 9.64. The van der Waals surface area contributed by atoms with Gasteiger partial charge in [-0.2, -0.15) is 5.26 Å². The van der Waals surface area contributed by atoms with Gasteiger partial charge < -0.3 is 23.6 Å². The third kappa shape index (κ3) is 4.16. The largest absolute Gasteiger partial charge is 0.493 e. The number of rotatable bonds is 5. The van der Waals surface area contributed by atoms with Crippen LogP contribution in [-0.2, 0) is 4.52 Å². The van der Waals surface area contributed by atoms with Crippen LogP contribution in [0.3, 0.4) is 0 Å². The Morgan fingerprint density at radius 2 is 2.12 bits per heavy atom. The molecule has 0 bridgehead atoms. The Morgan fingerprint density at radius 3 is 2.88 bits per heavy atom. The topological polar surface area (TPSA) is 150 Å². The number of carbonyl (C=O) groups excluding carboxylic acids is 1. The van der Waals surface area contributed by atoms with Gasteiger partial charge in [0.1, 0.15) is 18.2 Å². The number of fused-ring (bicyclic) bond motifs is 2. The predicted octanol–water partition coefficient (Wildman–Crippen LogP) is 3.44. The fourth-order valence-electron chi connectivity index (χ4n) is 3.49. The zero-order chi connectivity index (χ0) is 22.8. The normalized spacial score (nSPS) is 18.2. The number of carbonyl (C=O) groups is 1. The summed E-state index contributed by atoms with van der Waals surface area (Å²) in [5.41, 5.74) is 6.13. The van der Waals surface area contributed by atoms with Crippen molar-refractivity contribution in [3.05, 3.63) is 51.6 Å². The number of hydrogen-bond acceptors (Lipinski definition) is 9. The summed E-state index contributed by atoms with van der Waals surface area (Å²) in [6, 6.07) is 7.49. The van der Waals surface area contributed by atoms with Gasteiger partial charge in [-0.3, -0.25) is 20.4 Å². The summed E-state index contributed by atoms with van der Waals surface area (Å²) in [6.07, 6.45) is -0.149. The summed E-state index contributed by atoms with van der Waals surface area (Å²) >= 11 is 0. The molecule has 4 rings (SSSR count). The number of hydrogen-bond donors (Lipinski definition) is 1. The first-order chi connectivity index (χ1) is 15.4. The number of nitrogens with zero attached hydrogens (tertiary/aromatic N) is 3. The van der Waals surface area contributed by atoms with Crippen molar-refractivity contribution >= 4 is 19.9 Å². The second-order valence-corrected chi connectivity index (χ2v) is 8.14. The molecule has 2 unspecified atom stereocenters. The van der Waals surface area contributed by atoms with Gasteiger partial charge in [-0.25, -0.2) is 0 Å². The Labute approximate surface area is 184 Å². The lowest BCUT2D eigenvalue weighted by atomic mass is 10.0. The second-order valence-electron chi connectivity index (χ2n) is 7.08. The van der Waals surface area contributed by atoms with Crippen molar-refractivity contribution in [2.75, 3.05) is 26.8 Å². The van der Waals surface area contributed by atoms with Gasteiger partial charge in [-0.1, -0.05) is 6.07 Å². The van der Waals surface area contributed by atoms with Crippen LogP contribution in [0.1, 0.15) is 28.4 Å². The maximum Gasteiger partial charge on any atom is 0.315 e. The van der Waals surface area contributed by atoms with Crippen LogP contribution >= 0.6 is 8.30 Å². The average Bonchev–Trinajstić information content (AvgIpc) is 2.92. The molecule has 11 nitrogen and oxygen atoms in total. The smallest absolute Gasteiger partial charge is 0.315 e. The van der Waals surface area contributed by atoms with Crippen LogP contribution in [0.5, 0.6) is 23.0 Å². The Hall–Kier alpha value is -3.45. The molecule has 166 valence electrons. The van der Waals surface area contributed by atoms with Crippen LogP contribution in [0.15, 0.2) is 30.3 Å². The maximum absolute atomic E-state index is 12.6. The summed E-state index contributed by atoms with van der Waals surface area (Å²) in [5.74, 6) is 2.20. The second kappa shape index (κ2) is 8.96. The molecule has 0 aliphatic carbocycles. The van der Waals surface area contributed by atoms with E-state index in [1.807, 2.05) is 5.81 Å². The maximum atomic E-state index is 12.6. The molecule has 2 atom stereocenters. The molecule has 2 aromatic rings. The molecule has 2 N–H and O–H groups in total. The molecule has 32 heavy (non-hydrogen) atoms. The summed E-state index contributed by atoms with van der Waals surface area (Å²) in [6.45, 7) is 0.905. The molecule has 0 spiro atoms. The van der Waals surface area contributed by atoms with Crippen molar-refractivity contribution in [2.45, 2.75) is 12.5 Å². The highest BCUT2D eigenvalue weighted by Gasteiger charge is 2.31. The Balaban J connectivity index is 1.76. The highest BCUT2D eigenvalue weighted by molar-refractivity contribution is 7.55. The van der Waals surface area contributed by atoms with Crippen LogP contribution in [0.4, 0.5) is 5.69 Å². The van der Waals surface area contributed by atoms with Crippen molar-refractivity contribution < 1.29 is 28.5 Å². The lowest BCUT2D eigenvalue weighted by Crippen LogP contribution is -2.27. The molecule has 12 heteroatoms. The molecular formula is C20H19N4O7P. The average molecular weight is 458 g/mol. The van der Waals surface area contributed by atoms with Gasteiger partial charge in [0.25, 0.3) is 5.91 Å². The SMILES string of the molecule is CN1CCOc2c(Oc3cc4c(cc3[N+](=O)[O-])OCCC4OP(N)C#N)cccc2C1=O. The molecule has 2 heterocycles. The van der Waals surface area contributed by atoms with Crippen LogP contribution in [-0.4, -0.2) is 42.5 Å². The fraction of sp³-hybridized carbons (Fsp3) is 0.300. The lowest BCUT2D eigenvalue weighted by molar-refractivity contribution is -0.385. The van der Waals surface area contributed by atoms with E-state index in [1.54, 1.807) is 25.2 Å². The summed E-state index contributed by atoms with van der Waals surface area (Å²) in [4.78, 5) is 25.3. The van der Waals surface area contributed by atoms with Crippen molar-refractivity contribution in [3.63, 3.8) is 0 Å². The van der Waals surface area contributed by atoms with Crippen molar-refractivity contribution in [3.8, 4) is 28.8 Å². The molecule has 0 saturated carbocycles. The number of nitriles is 1. The van der Waals surface area contributed by atoms with Gasteiger partial charge in [0.05, 0.1) is 35.8 Å². The van der Waals surface area contributed by atoms with E-state index >= 15 is 0 Å². The van der Waals surface area contributed by atoms with Crippen molar-refractivity contribution in [1.82, 2.24) is 4.90 Å². The van der Waals surface area contributed by atoms with E-state index in [2.05, 4.69) is 0 Å². The van der Waals surface area contributed by atoms with E-state index in [9.17, 15) is 14.9 Å². The highest BCUT2D eigenvalue weighted by Crippen LogP contribution is 2.47. The lowest BCUT2D eigenvalue weighted by Gasteiger charge is -2.26. The van der Waals surface area contributed by atoms with Crippen LogP contribution in [0, 0.1) is 21.2 Å². The standard InChI is InChI=1S/C20H19N4O7P/c1-23-6-8-29-19-12(20(23)25)3-2-4-16(19)30-18-9-13-15(31-32(22)11-21)5-7-28-17(13)10-14(18)24(26)27/h2-4,9-10,15H,5-8,22H2,1H3. The predicted molar refractivity (Wildman–Crippen MR) is 113 cm³/mol. The summed E-state index contributed by atoms with van der Waals surface area (Å²) in [7, 11) is -0.146. The van der Waals surface area contributed by atoms with Crippen molar-refractivity contribution in [1.29, 1.82) is 5.26 Å². The molecule has 2 aliphatic heterocycles. The molecule has 1 amide bonds. The Morgan fingerprint density at radius 1 is 1.31 bits per heavy atom. The molecular weight excluding hydrogens is 439 g/mol. The number of nitrogens with two attached hydrogens (primary N) is 1. The molecule has 0 aromatic heterocycles. The van der Waals surface area contributed by atoms with E-state index in [-0.39, 0.29) is 47.8 Å². The minimum Gasteiger partial charge on any atom is -0.493 e. The monoisotopic (exact) mass is 458 g/mol. The minimum atomic E-state index is -1.81. The molecule has 2 aliphatic rings. The quantitative estimate of drug-likeness (QED) is 0.404. The number of benzene rings is 2. The Kier molecular flexibility index (Phi) is 6.10. The van der Waals surface area contributed by atoms with Crippen LogP contribution < -0.4 is 19.7 Å². The summed E-state index contributed by atoms with van der Waals surface area (Å²) < 4.78 is 22.8. The van der Waals surface area contributed by atoms with E-state index in [0.29, 0.717) is 24.1 Å². The van der Waals surface area contributed by atoms with Crippen LogP contribution in [0.2, 0.25) is 0 Å². The number of ether oxygens (including phenoxy) is 3. The zero-order valence-corrected chi connectivity index (χ0v) is 17.9. The number of amides is 1. The number of nitro benzene ring substituents is 1. The molecule has 0 saturated heterocycles. The first-order valence-corrected chi connectivity index (χ1v) is 11.0. The number of likely N-dealkylation sites (N-methyl/N-ethyl adjacent to an activating group) is 1. The van der Waals surface area contributed by atoms with Gasteiger partial charge in [-0.15, -0.1) is 0 Å². The van der Waals surface area contributed by atoms with E-state index in [0.717, 1.165) is 0 Å². The van der Waals surface area contributed by atoms with E-state index < -0.39 is 19.3 Å². The highest BCUT2D eigenvalue weighted by atomic mass is 31.2. The minimum absolute atomic E-state index is 0.0757. The van der Waals surface area contributed by atoms with E-state index in [4.69, 9.17) is 29.5 Å². The number of para-hydroxylation sites is 1. The Bertz CT molecular complexity index is 1120. The third-order valence-electron chi connectivity index (χ3n) is 5.06.